The number of urea groups is 1. The highest BCUT2D eigenvalue weighted by Crippen LogP contribution is 2.54. The number of hydrogen-bond donors (Lipinski definition) is 0. The van der Waals surface area contributed by atoms with Crippen molar-refractivity contribution in [2.24, 2.45) is 17.3 Å². The topological polar surface area (TPSA) is 23.6 Å². The van der Waals surface area contributed by atoms with Crippen LogP contribution >= 0.6 is 0 Å². The molecule has 0 N–H and O–H groups in total. The summed E-state index contributed by atoms with van der Waals surface area (Å²) in [4.78, 5) is 15.6. The van der Waals surface area contributed by atoms with Gasteiger partial charge in [0.05, 0.1) is 0 Å². The fourth-order valence-electron chi connectivity index (χ4n) is 3.24. The number of carbonyl (C=O) groups excluding carboxylic acids is 1. The van der Waals surface area contributed by atoms with Crippen LogP contribution in [0.2, 0.25) is 0 Å². The minimum Gasteiger partial charge on any atom is -0.331 e. The minimum absolute atomic E-state index is 0.185. The molecule has 1 spiro atoms. The monoisotopic (exact) mass is 224 g/mol. The molecule has 2 fully saturated rings. The lowest BCUT2D eigenvalue weighted by molar-refractivity contribution is 0.0359. The highest BCUT2D eigenvalue weighted by atomic mass is 16.2. The van der Waals surface area contributed by atoms with Gasteiger partial charge in [-0.25, -0.2) is 4.79 Å². The lowest BCUT2D eigenvalue weighted by atomic mass is 9.58. The van der Waals surface area contributed by atoms with E-state index < -0.39 is 0 Å². The molecular formula is C13H24N2O. The number of nitrogens with zero attached hydrogens (tertiary/aromatic N) is 2. The van der Waals surface area contributed by atoms with Crippen molar-refractivity contribution in [2.75, 3.05) is 27.2 Å². The summed E-state index contributed by atoms with van der Waals surface area (Å²) in [7, 11) is 3.68. The third-order valence-electron chi connectivity index (χ3n) is 4.42. The molecule has 1 saturated carbocycles. The number of carbonyl (C=O) groups is 1. The first-order chi connectivity index (χ1) is 7.43. The standard InChI is InChI=1S/C13H24N2O/c1-10(2)11-7-13(8-11)5-6-15(9-13)12(16)14(3)4/h10-11H,5-9H2,1-4H3. The van der Waals surface area contributed by atoms with E-state index in [4.69, 9.17) is 0 Å². The zero-order chi connectivity index (χ0) is 11.9. The Morgan fingerprint density at radius 3 is 2.50 bits per heavy atom. The molecule has 1 heterocycles. The second-order valence-corrected chi connectivity index (χ2v) is 6.26. The van der Waals surface area contributed by atoms with Crippen molar-refractivity contribution < 1.29 is 4.79 Å². The Hall–Kier alpha value is -0.730. The Morgan fingerprint density at radius 2 is 2.00 bits per heavy atom. The Bertz CT molecular complexity index is 280. The minimum atomic E-state index is 0.185. The van der Waals surface area contributed by atoms with Crippen LogP contribution in [0, 0.1) is 17.3 Å². The number of hydrogen-bond acceptors (Lipinski definition) is 1. The van der Waals surface area contributed by atoms with E-state index >= 15 is 0 Å². The van der Waals surface area contributed by atoms with Crippen LogP contribution in [0.15, 0.2) is 0 Å². The van der Waals surface area contributed by atoms with Gasteiger partial charge in [-0.3, -0.25) is 0 Å². The molecule has 0 aromatic rings. The molecule has 0 atom stereocenters. The van der Waals surface area contributed by atoms with Crippen molar-refractivity contribution in [3.05, 3.63) is 0 Å². The van der Waals surface area contributed by atoms with Gasteiger partial charge in [-0.1, -0.05) is 13.8 Å². The van der Waals surface area contributed by atoms with Gasteiger partial charge in [-0.2, -0.15) is 0 Å². The van der Waals surface area contributed by atoms with Crippen molar-refractivity contribution in [1.29, 1.82) is 0 Å². The molecule has 92 valence electrons. The number of likely N-dealkylation sites (tertiary alicyclic amines) is 1. The zero-order valence-electron chi connectivity index (χ0n) is 11.0. The van der Waals surface area contributed by atoms with Crippen molar-refractivity contribution in [2.45, 2.75) is 33.1 Å². The normalized spacial score (nSPS) is 33.3. The van der Waals surface area contributed by atoms with E-state index in [1.165, 1.54) is 19.3 Å². The molecule has 1 aliphatic carbocycles. The maximum absolute atomic E-state index is 11.8. The predicted octanol–water partition coefficient (Wildman–Crippen LogP) is 2.43. The molecular weight excluding hydrogens is 200 g/mol. The van der Waals surface area contributed by atoms with Crippen LogP contribution in [0.5, 0.6) is 0 Å². The SMILES string of the molecule is CC(C)C1CC2(CCN(C(=O)N(C)C)C2)C1. The Labute approximate surface area is 98.8 Å². The second kappa shape index (κ2) is 3.94. The Balaban J connectivity index is 1.88. The zero-order valence-corrected chi connectivity index (χ0v) is 11.0. The summed E-state index contributed by atoms with van der Waals surface area (Å²) in [5.41, 5.74) is 0.487. The van der Waals surface area contributed by atoms with Crippen molar-refractivity contribution >= 4 is 6.03 Å². The van der Waals surface area contributed by atoms with Crippen LogP contribution in [-0.4, -0.2) is 43.0 Å². The van der Waals surface area contributed by atoms with Crippen molar-refractivity contribution in [1.82, 2.24) is 9.80 Å². The van der Waals surface area contributed by atoms with Crippen LogP contribution in [0.3, 0.4) is 0 Å². The van der Waals surface area contributed by atoms with Gasteiger partial charge in [0.1, 0.15) is 0 Å². The average molecular weight is 224 g/mol. The second-order valence-electron chi connectivity index (χ2n) is 6.26. The van der Waals surface area contributed by atoms with E-state index in [1.54, 1.807) is 4.90 Å². The third-order valence-corrected chi connectivity index (χ3v) is 4.42. The van der Waals surface area contributed by atoms with E-state index in [9.17, 15) is 4.79 Å². The lowest BCUT2D eigenvalue weighted by Crippen LogP contribution is -2.44. The average Bonchev–Trinajstić information content (AvgIpc) is 2.58. The van der Waals surface area contributed by atoms with E-state index in [0.717, 1.165) is 24.9 Å². The van der Waals surface area contributed by atoms with Crippen LogP contribution in [0.1, 0.15) is 33.1 Å². The van der Waals surface area contributed by atoms with Crippen LogP contribution < -0.4 is 0 Å². The molecule has 2 aliphatic rings. The first kappa shape index (κ1) is 11.7. The van der Waals surface area contributed by atoms with Gasteiger partial charge in [0, 0.05) is 27.2 Å². The van der Waals surface area contributed by atoms with Gasteiger partial charge in [0.2, 0.25) is 0 Å². The molecule has 1 aliphatic heterocycles. The van der Waals surface area contributed by atoms with Gasteiger partial charge < -0.3 is 9.80 Å². The lowest BCUT2D eigenvalue weighted by Gasteiger charge is -2.47. The molecule has 16 heavy (non-hydrogen) atoms. The highest BCUT2D eigenvalue weighted by Gasteiger charge is 2.49. The Kier molecular flexibility index (Phi) is 2.89. The maximum Gasteiger partial charge on any atom is 0.319 e. The Morgan fingerprint density at radius 1 is 1.38 bits per heavy atom. The van der Waals surface area contributed by atoms with Crippen LogP contribution in [-0.2, 0) is 0 Å². The largest absolute Gasteiger partial charge is 0.331 e. The summed E-state index contributed by atoms with van der Waals surface area (Å²) in [6.45, 7) is 6.58. The van der Waals surface area contributed by atoms with Gasteiger partial charge >= 0.3 is 6.03 Å². The summed E-state index contributed by atoms with van der Waals surface area (Å²) in [6.07, 6.45) is 3.89. The van der Waals surface area contributed by atoms with Gasteiger partial charge in [-0.05, 0) is 36.5 Å². The molecule has 0 aromatic carbocycles. The molecule has 0 aromatic heterocycles. The number of rotatable bonds is 1. The molecule has 2 amide bonds. The van der Waals surface area contributed by atoms with Gasteiger partial charge in [0.25, 0.3) is 0 Å². The van der Waals surface area contributed by atoms with Gasteiger partial charge in [-0.15, -0.1) is 0 Å². The molecule has 0 unspecified atom stereocenters. The fraction of sp³-hybridized carbons (Fsp3) is 0.923. The van der Waals surface area contributed by atoms with E-state index in [2.05, 4.69) is 13.8 Å². The van der Waals surface area contributed by atoms with Crippen LogP contribution in [0.4, 0.5) is 4.79 Å². The number of amides is 2. The molecule has 2 rings (SSSR count). The fourth-order valence-corrected chi connectivity index (χ4v) is 3.24. The van der Waals surface area contributed by atoms with E-state index in [-0.39, 0.29) is 6.03 Å². The highest BCUT2D eigenvalue weighted by molar-refractivity contribution is 5.74. The maximum atomic E-state index is 11.8. The van der Waals surface area contributed by atoms with Gasteiger partial charge in [0.15, 0.2) is 0 Å². The quantitative estimate of drug-likeness (QED) is 0.671. The first-order valence-corrected chi connectivity index (χ1v) is 6.40. The predicted molar refractivity (Wildman–Crippen MR) is 65.3 cm³/mol. The van der Waals surface area contributed by atoms with E-state index in [0.29, 0.717) is 5.41 Å². The first-order valence-electron chi connectivity index (χ1n) is 6.40. The smallest absolute Gasteiger partial charge is 0.319 e. The molecule has 3 heteroatoms. The summed E-state index contributed by atoms with van der Waals surface area (Å²) >= 11 is 0. The molecule has 1 saturated heterocycles. The molecule has 0 bridgehead atoms. The summed E-state index contributed by atoms with van der Waals surface area (Å²) in [5, 5.41) is 0. The van der Waals surface area contributed by atoms with Crippen molar-refractivity contribution in [3.63, 3.8) is 0 Å². The molecule has 0 radical (unpaired) electrons. The molecule has 3 nitrogen and oxygen atoms in total. The summed E-state index contributed by atoms with van der Waals surface area (Å²) in [5.74, 6) is 1.71. The van der Waals surface area contributed by atoms with Crippen molar-refractivity contribution in [3.8, 4) is 0 Å². The summed E-state index contributed by atoms with van der Waals surface area (Å²) in [6, 6.07) is 0.185. The third kappa shape index (κ3) is 1.92. The van der Waals surface area contributed by atoms with Crippen LogP contribution in [0.25, 0.3) is 0 Å². The summed E-state index contributed by atoms with van der Waals surface area (Å²) < 4.78 is 0. The van der Waals surface area contributed by atoms with E-state index in [1.807, 2.05) is 19.0 Å².